The summed E-state index contributed by atoms with van der Waals surface area (Å²) in [6.45, 7) is 0. The lowest BCUT2D eigenvalue weighted by Gasteiger charge is -2.22. The highest BCUT2D eigenvalue weighted by Gasteiger charge is 2.49. The third-order valence-corrected chi connectivity index (χ3v) is 3.99. The van der Waals surface area contributed by atoms with Crippen LogP contribution in [0.2, 0.25) is 0 Å². The van der Waals surface area contributed by atoms with Gasteiger partial charge in [-0.2, -0.15) is 9.05 Å². The highest BCUT2D eigenvalue weighted by molar-refractivity contribution is 7.49. The summed E-state index contributed by atoms with van der Waals surface area (Å²) in [5, 5.41) is 0. The Balaban J connectivity index is 4.81. The summed E-state index contributed by atoms with van der Waals surface area (Å²) in [7, 11) is -5.79. The maximum atomic E-state index is 13.1. The van der Waals surface area contributed by atoms with E-state index >= 15 is 0 Å². The zero-order chi connectivity index (χ0) is 13.7. The van der Waals surface area contributed by atoms with Crippen molar-refractivity contribution in [2.45, 2.75) is 6.29 Å². The van der Waals surface area contributed by atoms with Crippen molar-refractivity contribution >= 4 is 15.6 Å². The lowest BCUT2D eigenvalue weighted by atomic mass is 11.3. The summed E-state index contributed by atoms with van der Waals surface area (Å²) in [6, 6.07) is 0. The van der Waals surface area contributed by atoms with Crippen molar-refractivity contribution in [3.8, 4) is 0 Å². The SMILES string of the molecule is COP(=O)(OC)OC(F)(F)OP(=O)(OC)OC. The fraction of sp³-hybridized carbons (Fsp3) is 1.00. The monoisotopic (exact) mass is 300 g/mol. The second-order valence-corrected chi connectivity index (χ2v) is 5.89. The molecule has 0 heterocycles. The van der Waals surface area contributed by atoms with Crippen LogP contribution in [0.4, 0.5) is 8.78 Å². The molecular formula is C5H12F2O8P2. The van der Waals surface area contributed by atoms with Crippen molar-refractivity contribution in [1.29, 1.82) is 0 Å². The number of halogens is 2. The molecule has 0 aliphatic carbocycles. The van der Waals surface area contributed by atoms with E-state index in [1.165, 1.54) is 0 Å². The molecule has 0 amide bonds. The van der Waals surface area contributed by atoms with Gasteiger partial charge in [0.15, 0.2) is 0 Å². The summed E-state index contributed by atoms with van der Waals surface area (Å²) in [6.07, 6.45) is -4.55. The van der Waals surface area contributed by atoms with Crippen LogP contribution in [0.5, 0.6) is 0 Å². The first-order chi connectivity index (χ1) is 7.66. The Bertz CT molecular complexity index is 288. The highest BCUT2D eigenvalue weighted by atomic mass is 31.2. The highest BCUT2D eigenvalue weighted by Crippen LogP contribution is 2.58. The number of phosphoric acid groups is 2. The zero-order valence-corrected chi connectivity index (χ0v) is 11.2. The number of rotatable bonds is 8. The van der Waals surface area contributed by atoms with Gasteiger partial charge < -0.3 is 0 Å². The van der Waals surface area contributed by atoms with Crippen molar-refractivity contribution in [3.05, 3.63) is 0 Å². The molecular weight excluding hydrogens is 288 g/mol. The van der Waals surface area contributed by atoms with Gasteiger partial charge in [-0.05, 0) is 0 Å². The Hall–Kier alpha value is 0.0800. The first-order valence-corrected chi connectivity index (χ1v) is 6.80. The number of alkyl halides is 2. The van der Waals surface area contributed by atoms with Gasteiger partial charge in [0.2, 0.25) is 0 Å². The third kappa shape index (κ3) is 5.50. The average molecular weight is 300 g/mol. The van der Waals surface area contributed by atoms with Crippen LogP contribution in [-0.4, -0.2) is 34.7 Å². The van der Waals surface area contributed by atoms with Crippen LogP contribution >= 0.6 is 15.6 Å². The van der Waals surface area contributed by atoms with Gasteiger partial charge in [-0.1, -0.05) is 0 Å². The lowest BCUT2D eigenvalue weighted by molar-refractivity contribution is -0.322. The maximum absolute atomic E-state index is 13.1. The minimum atomic E-state index is -4.55. The molecule has 0 aromatic carbocycles. The van der Waals surface area contributed by atoms with Crippen LogP contribution in [0.15, 0.2) is 0 Å². The smallest absolute Gasteiger partial charge is 0.290 e. The molecule has 0 aromatic heterocycles. The van der Waals surface area contributed by atoms with Crippen molar-refractivity contribution in [2.24, 2.45) is 0 Å². The van der Waals surface area contributed by atoms with Crippen LogP contribution in [0.25, 0.3) is 0 Å². The second kappa shape index (κ2) is 6.31. The van der Waals surface area contributed by atoms with Gasteiger partial charge in [0.25, 0.3) is 0 Å². The van der Waals surface area contributed by atoms with Gasteiger partial charge in [0.05, 0.1) is 0 Å². The number of hydrogen-bond donors (Lipinski definition) is 0. The van der Waals surface area contributed by atoms with Gasteiger partial charge >= 0.3 is 21.9 Å². The zero-order valence-electron chi connectivity index (χ0n) is 9.42. The van der Waals surface area contributed by atoms with E-state index in [0.717, 1.165) is 28.4 Å². The molecule has 0 aliphatic heterocycles. The Morgan fingerprint density at radius 3 is 1.18 bits per heavy atom. The van der Waals surface area contributed by atoms with Crippen molar-refractivity contribution < 1.29 is 45.1 Å². The largest absolute Gasteiger partial charge is 0.503 e. The molecule has 8 nitrogen and oxygen atoms in total. The summed E-state index contributed by atoms with van der Waals surface area (Å²) in [5.41, 5.74) is 0. The predicted molar refractivity (Wildman–Crippen MR) is 50.4 cm³/mol. The van der Waals surface area contributed by atoms with Gasteiger partial charge in [0.1, 0.15) is 0 Å². The molecule has 0 N–H and O–H groups in total. The van der Waals surface area contributed by atoms with Crippen LogP contribution < -0.4 is 0 Å². The maximum Gasteiger partial charge on any atom is 0.503 e. The average Bonchev–Trinajstić information content (AvgIpc) is 2.27. The molecule has 0 aliphatic rings. The molecule has 0 radical (unpaired) electrons. The van der Waals surface area contributed by atoms with E-state index < -0.39 is 21.9 Å². The van der Waals surface area contributed by atoms with Crippen molar-refractivity contribution in [1.82, 2.24) is 0 Å². The molecule has 17 heavy (non-hydrogen) atoms. The van der Waals surface area contributed by atoms with E-state index in [1.54, 1.807) is 0 Å². The van der Waals surface area contributed by atoms with Crippen molar-refractivity contribution in [2.75, 3.05) is 28.4 Å². The molecule has 0 aromatic rings. The third-order valence-electron chi connectivity index (χ3n) is 1.33. The van der Waals surface area contributed by atoms with Crippen LogP contribution in [-0.2, 0) is 36.3 Å². The number of phosphoric ester groups is 2. The van der Waals surface area contributed by atoms with Crippen molar-refractivity contribution in [3.63, 3.8) is 0 Å². The van der Waals surface area contributed by atoms with E-state index in [4.69, 9.17) is 0 Å². The molecule has 0 rings (SSSR count). The Labute approximate surface area is 96.3 Å². The molecule has 104 valence electrons. The lowest BCUT2D eigenvalue weighted by Crippen LogP contribution is -2.23. The predicted octanol–water partition coefficient (Wildman–Crippen LogP) is 2.37. The summed E-state index contributed by atoms with van der Waals surface area (Å²) >= 11 is 0. The Morgan fingerprint density at radius 1 is 0.765 bits per heavy atom. The van der Waals surface area contributed by atoms with E-state index in [0.29, 0.717) is 0 Å². The fourth-order valence-electron chi connectivity index (χ4n) is 0.575. The van der Waals surface area contributed by atoms with E-state index in [-0.39, 0.29) is 0 Å². The van der Waals surface area contributed by atoms with Gasteiger partial charge in [-0.15, -0.1) is 8.78 Å². The molecule has 0 unspecified atom stereocenters. The molecule has 0 saturated heterocycles. The Kier molecular flexibility index (Phi) is 6.34. The molecule has 0 spiro atoms. The van der Waals surface area contributed by atoms with E-state index in [1.807, 2.05) is 0 Å². The quantitative estimate of drug-likeness (QED) is 0.498. The molecule has 0 saturated carbocycles. The molecule has 12 heteroatoms. The first-order valence-electron chi connectivity index (χ1n) is 3.88. The van der Waals surface area contributed by atoms with Crippen LogP contribution in [0, 0.1) is 0 Å². The topological polar surface area (TPSA) is 89.5 Å². The second-order valence-electron chi connectivity index (χ2n) is 2.27. The summed E-state index contributed by atoms with van der Waals surface area (Å²) in [4.78, 5) is 0. The van der Waals surface area contributed by atoms with E-state index in [9.17, 15) is 17.9 Å². The van der Waals surface area contributed by atoms with Crippen LogP contribution in [0.1, 0.15) is 0 Å². The molecule has 0 bridgehead atoms. The van der Waals surface area contributed by atoms with E-state index in [2.05, 4.69) is 27.1 Å². The normalized spacial score (nSPS) is 14.0. The number of hydrogen-bond acceptors (Lipinski definition) is 8. The van der Waals surface area contributed by atoms with Gasteiger partial charge in [-0.3, -0.25) is 18.1 Å². The minimum Gasteiger partial charge on any atom is -0.290 e. The summed E-state index contributed by atoms with van der Waals surface area (Å²) in [5.74, 6) is 0. The van der Waals surface area contributed by atoms with Gasteiger partial charge in [0, 0.05) is 28.4 Å². The standard InChI is InChI=1S/C5H12F2O8P2/c1-10-16(8,11-2)14-5(6,7)15-17(9,12-3)13-4/h1-4H3. The Morgan fingerprint density at radius 2 is 1.00 bits per heavy atom. The molecule has 0 atom stereocenters. The molecule has 0 fully saturated rings. The van der Waals surface area contributed by atoms with Crippen LogP contribution in [0.3, 0.4) is 0 Å². The minimum absolute atomic E-state index is 0.812. The van der Waals surface area contributed by atoms with Gasteiger partial charge in [-0.25, -0.2) is 9.13 Å². The summed E-state index contributed by atoms with van der Waals surface area (Å²) < 4.78 is 72.2. The first kappa shape index (κ1) is 17.1. The fourth-order valence-corrected chi connectivity index (χ4v) is 1.83.